The van der Waals surface area contributed by atoms with E-state index in [9.17, 15) is 0 Å². The van der Waals surface area contributed by atoms with Gasteiger partial charge in [-0.05, 0) is 39.0 Å². The molecule has 0 aliphatic carbocycles. The summed E-state index contributed by atoms with van der Waals surface area (Å²) in [5.74, 6) is 2.30. The van der Waals surface area contributed by atoms with E-state index in [1.165, 1.54) is 12.8 Å². The lowest BCUT2D eigenvalue weighted by molar-refractivity contribution is 0.192. The van der Waals surface area contributed by atoms with E-state index < -0.39 is 0 Å². The van der Waals surface area contributed by atoms with Crippen LogP contribution in [0.15, 0.2) is 12.1 Å². The smallest absolute Gasteiger partial charge is 0.164 e. The summed E-state index contributed by atoms with van der Waals surface area (Å²) >= 11 is 0. The lowest BCUT2D eigenvalue weighted by atomic mass is 10.0. The van der Waals surface area contributed by atoms with Crippen molar-refractivity contribution in [2.45, 2.75) is 25.4 Å². The third-order valence-electron chi connectivity index (χ3n) is 4.18. The van der Waals surface area contributed by atoms with Crippen LogP contribution in [0, 0.1) is 0 Å². The van der Waals surface area contributed by atoms with Crippen molar-refractivity contribution in [3.05, 3.63) is 17.7 Å². The predicted molar refractivity (Wildman–Crippen MR) is 83.5 cm³/mol. The van der Waals surface area contributed by atoms with Gasteiger partial charge in [0.15, 0.2) is 11.5 Å². The van der Waals surface area contributed by atoms with Gasteiger partial charge in [-0.25, -0.2) is 0 Å². The molecule has 5 nitrogen and oxygen atoms in total. The van der Waals surface area contributed by atoms with Gasteiger partial charge in [-0.1, -0.05) is 0 Å². The predicted octanol–water partition coefficient (Wildman–Crippen LogP) is 1.90. The second-order valence-electron chi connectivity index (χ2n) is 5.36. The molecular weight excluding hydrogens is 268 g/mol. The Bertz CT molecular complexity index is 457. The monoisotopic (exact) mass is 294 g/mol. The number of benzene rings is 1. The van der Waals surface area contributed by atoms with E-state index in [2.05, 4.69) is 10.2 Å². The van der Waals surface area contributed by atoms with Gasteiger partial charge in [0.25, 0.3) is 0 Å². The Labute approximate surface area is 127 Å². The van der Waals surface area contributed by atoms with E-state index in [4.69, 9.17) is 14.2 Å². The third-order valence-corrected chi connectivity index (χ3v) is 4.18. The summed E-state index contributed by atoms with van der Waals surface area (Å²) < 4.78 is 16.2. The number of ether oxygens (including phenoxy) is 3. The van der Waals surface area contributed by atoms with E-state index in [1.807, 2.05) is 19.2 Å². The van der Waals surface area contributed by atoms with E-state index in [-0.39, 0.29) is 0 Å². The largest absolute Gasteiger partial charge is 0.496 e. The summed E-state index contributed by atoms with van der Waals surface area (Å²) in [4.78, 5) is 2.46. The normalized spacial score (nSPS) is 16.8. The van der Waals surface area contributed by atoms with Gasteiger partial charge >= 0.3 is 0 Å². The summed E-state index contributed by atoms with van der Waals surface area (Å²) in [6.45, 7) is 3.08. The van der Waals surface area contributed by atoms with Crippen LogP contribution < -0.4 is 19.5 Å². The summed E-state index contributed by atoms with van der Waals surface area (Å²) in [6, 6.07) is 4.56. The highest BCUT2D eigenvalue weighted by Crippen LogP contribution is 2.35. The molecule has 1 aromatic carbocycles. The van der Waals surface area contributed by atoms with Crippen molar-refractivity contribution < 1.29 is 14.2 Å². The molecule has 1 N–H and O–H groups in total. The molecule has 0 unspecified atom stereocenters. The highest BCUT2D eigenvalue weighted by molar-refractivity contribution is 5.50. The van der Waals surface area contributed by atoms with Crippen LogP contribution in [0.4, 0.5) is 0 Å². The lowest BCUT2D eigenvalue weighted by Crippen LogP contribution is -2.40. The van der Waals surface area contributed by atoms with Gasteiger partial charge in [-0.15, -0.1) is 0 Å². The second-order valence-corrected chi connectivity index (χ2v) is 5.36. The summed E-state index contributed by atoms with van der Waals surface area (Å²) in [5, 5.41) is 3.36. The van der Waals surface area contributed by atoms with Crippen LogP contribution >= 0.6 is 0 Å². The minimum Gasteiger partial charge on any atom is -0.496 e. The molecule has 118 valence electrons. The number of rotatable bonds is 6. The maximum atomic E-state index is 5.50. The molecule has 1 aliphatic rings. The zero-order valence-electron chi connectivity index (χ0n) is 13.4. The number of nitrogens with zero attached hydrogens (tertiary/aromatic N) is 1. The van der Waals surface area contributed by atoms with Crippen LogP contribution in [-0.2, 0) is 6.54 Å². The van der Waals surface area contributed by atoms with Crippen molar-refractivity contribution in [2.75, 3.05) is 41.5 Å². The van der Waals surface area contributed by atoms with E-state index in [0.29, 0.717) is 11.8 Å². The Balaban J connectivity index is 2.12. The summed E-state index contributed by atoms with van der Waals surface area (Å²) in [6.07, 6.45) is 2.37. The first-order chi connectivity index (χ1) is 10.2. The van der Waals surface area contributed by atoms with E-state index >= 15 is 0 Å². The Morgan fingerprint density at radius 1 is 1.00 bits per heavy atom. The molecule has 1 heterocycles. The van der Waals surface area contributed by atoms with Crippen LogP contribution in [0.25, 0.3) is 0 Å². The molecule has 0 atom stereocenters. The Hall–Kier alpha value is -1.46. The van der Waals surface area contributed by atoms with Gasteiger partial charge in [0, 0.05) is 24.2 Å². The number of hydrogen-bond donors (Lipinski definition) is 1. The molecule has 21 heavy (non-hydrogen) atoms. The van der Waals surface area contributed by atoms with Crippen molar-refractivity contribution in [2.24, 2.45) is 0 Å². The zero-order valence-corrected chi connectivity index (χ0v) is 13.4. The number of methoxy groups -OCH3 is 3. The van der Waals surface area contributed by atoms with Gasteiger partial charge in [-0.2, -0.15) is 0 Å². The molecule has 1 fully saturated rings. The fraction of sp³-hybridized carbons (Fsp3) is 0.625. The molecule has 1 aromatic rings. The fourth-order valence-corrected chi connectivity index (χ4v) is 2.84. The molecule has 1 aliphatic heterocycles. The van der Waals surface area contributed by atoms with Crippen LogP contribution in [0.2, 0.25) is 0 Å². The highest BCUT2D eigenvalue weighted by atomic mass is 16.5. The van der Waals surface area contributed by atoms with Gasteiger partial charge in [0.05, 0.1) is 21.3 Å². The van der Waals surface area contributed by atoms with E-state index in [1.54, 1.807) is 21.3 Å². The average molecular weight is 294 g/mol. The molecular formula is C16H26N2O3. The van der Waals surface area contributed by atoms with Crippen molar-refractivity contribution in [3.63, 3.8) is 0 Å². The maximum Gasteiger partial charge on any atom is 0.164 e. The number of likely N-dealkylation sites (tertiary alicyclic amines) is 1. The van der Waals surface area contributed by atoms with Crippen LogP contribution in [-0.4, -0.2) is 52.4 Å². The topological polar surface area (TPSA) is 43.0 Å². The molecule has 0 saturated carbocycles. The van der Waals surface area contributed by atoms with Crippen molar-refractivity contribution >= 4 is 0 Å². The van der Waals surface area contributed by atoms with Crippen LogP contribution in [0.1, 0.15) is 18.4 Å². The van der Waals surface area contributed by atoms with Crippen LogP contribution in [0.3, 0.4) is 0 Å². The minimum absolute atomic E-state index is 0.647. The second kappa shape index (κ2) is 7.52. The van der Waals surface area contributed by atoms with Gasteiger partial charge in [0.1, 0.15) is 5.75 Å². The van der Waals surface area contributed by atoms with Gasteiger partial charge in [0.2, 0.25) is 0 Å². The molecule has 0 radical (unpaired) electrons. The maximum absolute atomic E-state index is 5.50. The number of piperidine rings is 1. The zero-order chi connectivity index (χ0) is 15.2. The summed E-state index contributed by atoms with van der Waals surface area (Å²) in [5.41, 5.74) is 1.14. The molecule has 0 amide bonds. The minimum atomic E-state index is 0.647. The molecule has 0 bridgehead atoms. The standard InChI is InChI=1S/C16H26N2O3/c1-17-13-5-7-18(8-6-13)11-12-9-15(20-3)16(21-4)10-14(12)19-2/h9-10,13,17H,5-8,11H2,1-4H3. The van der Waals surface area contributed by atoms with Crippen molar-refractivity contribution in [1.82, 2.24) is 10.2 Å². The third kappa shape index (κ3) is 3.80. The molecule has 2 rings (SSSR count). The lowest BCUT2D eigenvalue weighted by Gasteiger charge is -2.32. The van der Waals surface area contributed by atoms with Crippen molar-refractivity contribution in [1.29, 1.82) is 0 Å². The van der Waals surface area contributed by atoms with E-state index in [0.717, 1.165) is 36.7 Å². The van der Waals surface area contributed by atoms with Crippen molar-refractivity contribution in [3.8, 4) is 17.2 Å². The molecule has 0 spiro atoms. The fourth-order valence-electron chi connectivity index (χ4n) is 2.84. The van der Waals surface area contributed by atoms with Gasteiger partial charge < -0.3 is 19.5 Å². The Morgan fingerprint density at radius 3 is 2.10 bits per heavy atom. The van der Waals surface area contributed by atoms with Crippen LogP contribution in [0.5, 0.6) is 17.2 Å². The summed E-state index contributed by atoms with van der Waals surface area (Å²) in [7, 11) is 7.03. The SMILES string of the molecule is CNC1CCN(Cc2cc(OC)c(OC)cc2OC)CC1. The molecule has 0 aromatic heterocycles. The highest BCUT2D eigenvalue weighted by Gasteiger charge is 2.20. The number of hydrogen-bond acceptors (Lipinski definition) is 5. The van der Waals surface area contributed by atoms with Gasteiger partial charge in [-0.3, -0.25) is 4.90 Å². The quantitative estimate of drug-likeness (QED) is 0.868. The first-order valence-corrected chi connectivity index (χ1v) is 7.40. The first-order valence-electron chi connectivity index (χ1n) is 7.40. The Morgan fingerprint density at radius 2 is 1.57 bits per heavy atom. The molecule has 1 saturated heterocycles. The number of nitrogens with one attached hydrogen (secondary N) is 1. The Kier molecular flexibility index (Phi) is 5.70. The molecule has 5 heteroatoms. The average Bonchev–Trinajstić information content (AvgIpc) is 2.55. The first kappa shape index (κ1) is 15.9.